The molecule has 1 aromatic carbocycles. The maximum Gasteiger partial charge on any atom is 0.228 e. The van der Waals surface area contributed by atoms with E-state index >= 15 is 0 Å². The Morgan fingerprint density at radius 1 is 1.40 bits per heavy atom. The number of nitrogens with one attached hydrogen (secondary N) is 1. The molecule has 0 aliphatic rings. The van der Waals surface area contributed by atoms with E-state index in [9.17, 15) is 9.59 Å². The first-order chi connectivity index (χ1) is 9.54. The lowest BCUT2D eigenvalue weighted by Crippen LogP contribution is -2.20. The quantitative estimate of drug-likeness (QED) is 0.870. The van der Waals surface area contributed by atoms with Crippen LogP contribution in [-0.4, -0.2) is 16.8 Å². The minimum Gasteiger partial charge on any atom is -0.370 e. The van der Waals surface area contributed by atoms with Crippen molar-refractivity contribution in [1.29, 1.82) is 0 Å². The number of primary amides is 1. The Morgan fingerprint density at radius 3 is 2.95 bits per heavy atom. The fraction of sp³-hybridized carbons (Fsp3) is 0.200. The molecule has 3 N–H and O–H groups in total. The molecule has 0 unspecified atom stereocenters. The average molecular weight is 270 g/mol. The fourth-order valence-corrected chi connectivity index (χ4v) is 1.97. The highest BCUT2D eigenvalue weighted by molar-refractivity contribution is 5.99. The average Bonchev–Trinajstić information content (AvgIpc) is 2.37. The van der Waals surface area contributed by atoms with Gasteiger partial charge in [-0.05, 0) is 30.2 Å². The van der Waals surface area contributed by atoms with Gasteiger partial charge in [-0.15, -0.1) is 0 Å². The first-order valence-corrected chi connectivity index (χ1v) is 6.33. The number of aromatic nitrogens is 1. The van der Waals surface area contributed by atoms with Crippen LogP contribution in [-0.2, 0) is 9.59 Å². The smallest absolute Gasteiger partial charge is 0.228 e. The van der Waals surface area contributed by atoms with Crippen molar-refractivity contribution in [3.8, 4) is 0 Å². The second-order valence-electron chi connectivity index (χ2n) is 4.71. The van der Waals surface area contributed by atoms with Crippen molar-refractivity contribution < 1.29 is 9.59 Å². The summed E-state index contributed by atoms with van der Waals surface area (Å²) in [5, 5.41) is 3.72. The third-order valence-electron chi connectivity index (χ3n) is 2.83. The number of amides is 2. The zero-order chi connectivity index (χ0) is 14.5. The topological polar surface area (TPSA) is 85.1 Å². The number of carbonyl (C=O) groups excluding carboxylic acids is 2. The Labute approximate surface area is 117 Å². The number of fused-ring (bicyclic) bond motifs is 1. The standard InChI is InChI=1S/C15H16N3O2/c1-10(7-14(16)19)8-15(20)18-12-4-5-13-11(9-12)3-2-6-17-13/h2-6,8-10H,7H2,1H3,(H2,16,19)(H,18,20)/t10-/m1/s1. The Kier molecular flexibility index (Phi) is 4.30. The minimum atomic E-state index is -0.418. The molecule has 2 amide bonds. The number of carbonyl (C=O) groups is 2. The lowest BCUT2D eigenvalue weighted by Gasteiger charge is -2.09. The number of anilines is 1. The molecule has 0 bridgehead atoms. The second-order valence-corrected chi connectivity index (χ2v) is 4.71. The number of pyridine rings is 1. The van der Waals surface area contributed by atoms with E-state index in [-0.39, 0.29) is 18.2 Å². The molecule has 1 atom stereocenters. The molecule has 20 heavy (non-hydrogen) atoms. The van der Waals surface area contributed by atoms with Crippen LogP contribution in [0.5, 0.6) is 0 Å². The van der Waals surface area contributed by atoms with E-state index < -0.39 is 5.91 Å². The zero-order valence-electron chi connectivity index (χ0n) is 11.2. The summed E-state index contributed by atoms with van der Waals surface area (Å²) in [6.07, 6.45) is 3.34. The van der Waals surface area contributed by atoms with Crippen molar-refractivity contribution >= 4 is 28.4 Å². The number of rotatable bonds is 5. The SMILES string of the molecule is C[C@@H]([CH]C(=O)Nc1ccc2ncccc2c1)CC(N)=O. The number of benzene rings is 1. The van der Waals surface area contributed by atoms with E-state index in [0.29, 0.717) is 5.69 Å². The largest absolute Gasteiger partial charge is 0.370 e. The molecule has 1 radical (unpaired) electrons. The van der Waals surface area contributed by atoms with Gasteiger partial charge in [0.25, 0.3) is 0 Å². The monoisotopic (exact) mass is 270 g/mol. The maximum atomic E-state index is 11.8. The van der Waals surface area contributed by atoms with E-state index in [1.54, 1.807) is 19.2 Å². The predicted octanol–water partition coefficient (Wildman–Crippen LogP) is 1.89. The van der Waals surface area contributed by atoms with Crippen molar-refractivity contribution in [1.82, 2.24) is 4.98 Å². The molecule has 0 fully saturated rings. The van der Waals surface area contributed by atoms with Gasteiger partial charge < -0.3 is 11.1 Å². The molecule has 2 aromatic rings. The van der Waals surface area contributed by atoms with Crippen LogP contribution in [0.25, 0.3) is 10.9 Å². The van der Waals surface area contributed by atoms with Crippen molar-refractivity contribution in [2.45, 2.75) is 13.3 Å². The van der Waals surface area contributed by atoms with Gasteiger partial charge in [-0.1, -0.05) is 13.0 Å². The molecule has 0 spiro atoms. The molecule has 5 heteroatoms. The molecular formula is C15H16N3O2. The van der Waals surface area contributed by atoms with Crippen molar-refractivity contribution in [3.63, 3.8) is 0 Å². The van der Waals surface area contributed by atoms with E-state index in [4.69, 9.17) is 5.73 Å². The lowest BCUT2D eigenvalue weighted by molar-refractivity contribution is -0.118. The molecule has 1 aromatic heterocycles. The third-order valence-corrected chi connectivity index (χ3v) is 2.83. The van der Waals surface area contributed by atoms with E-state index in [1.165, 1.54) is 6.42 Å². The third kappa shape index (κ3) is 3.78. The van der Waals surface area contributed by atoms with Crippen molar-refractivity contribution in [2.75, 3.05) is 5.32 Å². The van der Waals surface area contributed by atoms with Gasteiger partial charge >= 0.3 is 0 Å². The normalized spacial score (nSPS) is 12.1. The van der Waals surface area contributed by atoms with Gasteiger partial charge in [-0.25, -0.2) is 0 Å². The summed E-state index contributed by atoms with van der Waals surface area (Å²) in [6, 6.07) is 9.26. The lowest BCUT2D eigenvalue weighted by atomic mass is 10.0. The van der Waals surface area contributed by atoms with Gasteiger partial charge in [0, 0.05) is 23.7 Å². The van der Waals surface area contributed by atoms with Gasteiger partial charge in [0.2, 0.25) is 11.8 Å². The Hall–Kier alpha value is -2.43. The Bertz CT molecular complexity index is 640. The van der Waals surface area contributed by atoms with Crippen LogP contribution in [0, 0.1) is 12.3 Å². The number of nitrogens with two attached hydrogens (primary N) is 1. The van der Waals surface area contributed by atoms with Crippen LogP contribution >= 0.6 is 0 Å². The van der Waals surface area contributed by atoms with Gasteiger partial charge in [0.15, 0.2) is 0 Å². The molecule has 5 nitrogen and oxygen atoms in total. The number of hydrogen-bond donors (Lipinski definition) is 2. The summed E-state index contributed by atoms with van der Waals surface area (Å²) >= 11 is 0. The molecular weight excluding hydrogens is 254 g/mol. The maximum absolute atomic E-state index is 11.8. The highest BCUT2D eigenvalue weighted by Gasteiger charge is 2.12. The Balaban J connectivity index is 2.00. The molecule has 103 valence electrons. The second kappa shape index (κ2) is 6.14. The minimum absolute atomic E-state index is 0.162. The van der Waals surface area contributed by atoms with E-state index in [0.717, 1.165) is 10.9 Å². The predicted molar refractivity (Wildman–Crippen MR) is 77.6 cm³/mol. The van der Waals surface area contributed by atoms with E-state index in [1.807, 2.05) is 24.3 Å². The van der Waals surface area contributed by atoms with Crippen molar-refractivity contribution in [2.24, 2.45) is 11.7 Å². The van der Waals surface area contributed by atoms with Crippen LogP contribution in [0.15, 0.2) is 36.5 Å². The summed E-state index contributed by atoms with van der Waals surface area (Å²) in [7, 11) is 0. The molecule has 1 heterocycles. The first-order valence-electron chi connectivity index (χ1n) is 6.33. The molecule has 0 aliphatic heterocycles. The van der Waals surface area contributed by atoms with Crippen LogP contribution in [0.1, 0.15) is 13.3 Å². The summed E-state index contributed by atoms with van der Waals surface area (Å²) in [5.41, 5.74) is 6.65. The van der Waals surface area contributed by atoms with Crippen LogP contribution < -0.4 is 11.1 Å². The van der Waals surface area contributed by atoms with Crippen molar-refractivity contribution in [3.05, 3.63) is 42.9 Å². The molecule has 2 rings (SSSR count). The highest BCUT2D eigenvalue weighted by atomic mass is 16.2. The molecule has 0 saturated heterocycles. The molecule has 0 saturated carbocycles. The highest BCUT2D eigenvalue weighted by Crippen LogP contribution is 2.17. The van der Waals surface area contributed by atoms with Gasteiger partial charge in [-0.3, -0.25) is 14.6 Å². The van der Waals surface area contributed by atoms with Crippen LogP contribution in [0.3, 0.4) is 0 Å². The van der Waals surface area contributed by atoms with Gasteiger partial charge in [0.05, 0.1) is 11.9 Å². The van der Waals surface area contributed by atoms with Gasteiger partial charge in [-0.2, -0.15) is 0 Å². The summed E-state index contributed by atoms with van der Waals surface area (Å²) in [5.74, 6) is -0.852. The number of nitrogens with zero attached hydrogens (tertiary/aromatic N) is 1. The Morgan fingerprint density at radius 2 is 2.20 bits per heavy atom. The first kappa shape index (κ1) is 14.0. The van der Waals surface area contributed by atoms with Gasteiger partial charge in [0.1, 0.15) is 0 Å². The number of hydrogen-bond acceptors (Lipinski definition) is 3. The van der Waals surface area contributed by atoms with Crippen LogP contribution in [0.2, 0.25) is 0 Å². The summed E-state index contributed by atoms with van der Waals surface area (Å²) in [4.78, 5) is 26.8. The van der Waals surface area contributed by atoms with Crippen LogP contribution in [0.4, 0.5) is 5.69 Å². The molecule has 0 aliphatic carbocycles. The summed E-state index contributed by atoms with van der Waals surface area (Å²) in [6.45, 7) is 1.77. The summed E-state index contributed by atoms with van der Waals surface area (Å²) < 4.78 is 0. The van der Waals surface area contributed by atoms with E-state index in [2.05, 4.69) is 10.3 Å². The fourth-order valence-electron chi connectivity index (χ4n) is 1.97. The zero-order valence-corrected chi connectivity index (χ0v) is 11.2.